The summed E-state index contributed by atoms with van der Waals surface area (Å²) >= 11 is 6.80. The van der Waals surface area contributed by atoms with Gasteiger partial charge in [-0.05, 0) is 25.5 Å². The fraction of sp³-hybridized carbons (Fsp3) is 0.818. The molecule has 0 aromatic heterocycles. The summed E-state index contributed by atoms with van der Waals surface area (Å²) in [5.74, 6) is 0.0274. The topological polar surface area (TPSA) is 55.1 Å². The summed E-state index contributed by atoms with van der Waals surface area (Å²) in [6.07, 6.45) is 5.74. The first-order valence-corrected chi connectivity index (χ1v) is 7.33. The van der Waals surface area contributed by atoms with Gasteiger partial charge in [0.2, 0.25) is 5.91 Å². The zero-order chi connectivity index (χ0) is 12.2. The molecule has 1 aliphatic carbocycles. The Morgan fingerprint density at radius 2 is 2.25 bits per heavy atom. The number of thiocarbonyl (C=S) groups is 1. The molecule has 3 nitrogen and oxygen atoms in total. The van der Waals surface area contributed by atoms with E-state index in [0.717, 1.165) is 25.7 Å². The molecule has 16 heavy (non-hydrogen) atoms. The van der Waals surface area contributed by atoms with Crippen LogP contribution >= 0.6 is 24.0 Å². The van der Waals surface area contributed by atoms with Crippen LogP contribution in [0.5, 0.6) is 0 Å². The van der Waals surface area contributed by atoms with Crippen molar-refractivity contribution in [2.45, 2.75) is 37.9 Å². The first kappa shape index (κ1) is 13.8. The van der Waals surface area contributed by atoms with Gasteiger partial charge in [-0.15, -0.1) is 0 Å². The van der Waals surface area contributed by atoms with Gasteiger partial charge in [-0.3, -0.25) is 4.79 Å². The van der Waals surface area contributed by atoms with Crippen molar-refractivity contribution in [1.29, 1.82) is 0 Å². The van der Waals surface area contributed by atoms with Crippen LogP contribution in [-0.2, 0) is 4.79 Å². The van der Waals surface area contributed by atoms with Crippen molar-refractivity contribution >= 4 is 34.9 Å². The van der Waals surface area contributed by atoms with E-state index in [1.54, 1.807) is 0 Å². The van der Waals surface area contributed by atoms with Gasteiger partial charge in [0.05, 0.1) is 10.4 Å². The first-order chi connectivity index (χ1) is 7.53. The van der Waals surface area contributed by atoms with Crippen LogP contribution in [0.4, 0.5) is 0 Å². The van der Waals surface area contributed by atoms with Crippen molar-refractivity contribution in [2.75, 3.05) is 12.8 Å². The van der Waals surface area contributed by atoms with Gasteiger partial charge in [0, 0.05) is 11.8 Å². The molecule has 92 valence electrons. The fourth-order valence-corrected chi connectivity index (χ4v) is 2.44. The third-order valence-corrected chi connectivity index (χ3v) is 4.78. The van der Waals surface area contributed by atoms with Crippen molar-refractivity contribution < 1.29 is 4.79 Å². The molecule has 3 N–H and O–H groups in total. The number of nitrogens with one attached hydrogen (secondary N) is 1. The Bertz CT molecular complexity index is 277. The van der Waals surface area contributed by atoms with E-state index in [0.29, 0.717) is 16.8 Å². The van der Waals surface area contributed by atoms with E-state index in [9.17, 15) is 4.79 Å². The second-order valence-corrected chi connectivity index (χ2v) is 6.11. The normalized spacial score (nSPS) is 19.6. The number of carbonyl (C=O) groups is 1. The molecule has 1 fully saturated rings. The molecule has 0 aromatic carbocycles. The number of hydrogen-bond donors (Lipinski definition) is 2. The summed E-state index contributed by atoms with van der Waals surface area (Å²) < 4.78 is 0. The van der Waals surface area contributed by atoms with Gasteiger partial charge in [-0.2, -0.15) is 11.8 Å². The Morgan fingerprint density at radius 3 is 2.62 bits per heavy atom. The van der Waals surface area contributed by atoms with E-state index in [2.05, 4.69) is 18.5 Å². The Kier molecular flexibility index (Phi) is 5.05. The van der Waals surface area contributed by atoms with Crippen LogP contribution in [0.25, 0.3) is 0 Å². The SMILES string of the molecule is CSC(C)CCNC(=O)C1(C(N)=S)CCC1. The van der Waals surface area contributed by atoms with Gasteiger partial charge in [-0.25, -0.2) is 0 Å². The zero-order valence-corrected chi connectivity index (χ0v) is 11.5. The maximum Gasteiger partial charge on any atom is 0.233 e. The predicted molar refractivity (Wildman–Crippen MR) is 73.7 cm³/mol. The highest BCUT2D eigenvalue weighted by atomic mass is 32.2. The zero-order valence-electron chi connectivity index (χ0n) is 9.91. The van der Waals surface area contributed by atoms with E-state index < -0.39 is 5.41 Å². The first-order valence-electron chi connectivity index (χ1n) is 5.64. The molecule has 0 bridgehead atoms. The molecule has 1 rings (SSSR count). The smallest absolute Gasteiger partial charge is 0.233 e. The summed E-state index contributed by atoms with van der Waals surface area (Å²) in [6.45, 7) is 2.87. The van der Waals surface area contributed by atoms with E-state index in [-0.39, 0.29) is 5.91 Å². The molecule has 0 radical (unpaired) electrons. The Balaban J connectivity index is 2.37. The lowest BCUT2D eigenvalue weighted by Gasteiger charge is -2.39. The highest BCUT2D eigenvalue weighted by Crippen LogP contribution is 2.41. The molecule has 0 aromatic rings. The number of rotatable bonds is 6. The average molecular weight is 260 g/mol. The van der Waals surface area contributed by atoms with Gasteiger partial charge in [0.25, 0.3) is 0 Å². The van der Waals surface area contributed by atoms with E-state index >= 15 is 0 Å². The molecule has 0 aliphatic heterocycles. The number of hydrogen-bond acceptors (Lipinski definition) is 3. The highest BCUT2D eigenvalue weighted by Gasteiger charge is 2.46. The van der Waals surface area contributed by atoms with E-state index in [1.807, 2.05) is 11.8 Å². The lowest BCUT2D eigenvalue weighted by atomic mass is 9.68. The summed E-state index contributed by atoms with van der Waals surface area (Å²) in [5, 5.41) is 3.52. The molecule has 0 spiro atoms. The Morgan fingerprint density at radius 1 is 1.62 bits per heavy atom. The lowest BCUT2D eigenvalue weighted by Crippen LogP contribution is -2.53. The van der Waals surface area contributed by atoms with Gasteiger partial charge < -0.3 is 11.1 Å². The van der Waals surface area contributed by atoms with Crippen molar-refractivity contribution in [1.82, 2.24) is 5.32 Å². The number of carbonyl (C=O) groups excluding carboxylic acids is 1. The monoisotopic (exact) mass is 260 g/mol. The molecule has 0 heterocycles. The quantitative estimate of drug-likeness (QED) is 0.714. The molecular formula is C11H20N2OS2. The lowest BCUT2D eigenvalue weighted by molar-refractivity contribution is -0.130. The maximum absolute atomic E-state index is 12.0. The Hall–Kier alpha value is -0.290. The van der Waals surface area contributed by atoms with Crippen LogP contribution in [0.3, 0.4) is 0 Å². The standard InChI is InChI=1S/C11H20N2OS2/c1-8(16-2)4-7-13-10(14)11(9(12)15)5-3-6-11/h8H,3-7H2,1-2H3,(H2,12,15)(H,13,14). The Labute approximate surface area is 107 Å². The van der Waals surface area contributed by atoms with E-state index in [4.69, 9.17) is 18.0 Å². The summed E-state index contributed by atoms with van der Waals surface area (Å²) in [5.41, 5.74) is 5.13. The second-order valence-electron chi connectivity index (χ2n) is 4.39. The van der Waals surface area contributed by atoms with Gasteiger partial charge in [0.1, 0.15) is 0 Å². The molecule has 1 saturated carbocycles. The predicted octanol–water partition coefficient (Wildman–Crippen LogP) is 1.70. The van der Waals surface area contributed by atoms with Crippen LogP contribution < -0.4 is 11.1 Å². The highest BCUT2D eigenvalue weighted by molar-refractivity contribution is 7.99. The van der Waals surface area contributed by atoms with Crippen LogP contribution in [0.15, 0.2) is 0 Å². The minimum atomic E-state index is -0.530. The third kappa shape index (κ3) is 2.88. The number of amides is 1. The van der Waals surface area contributed by atoms with Gasteiger partial charge in [-0.1, -0.05) is 25.6 Å². The van der Waals surface area contributed by atoms with Crippen LogP contribution in [-0.4, -0.2) is 28.9 Å². The summed E-state index contributed by atoms with van der Waals surface area (Å²) in [7, 11) is 0. The van der Waals surface area contributed by atoms with Crippen molar-refractivity contribution in [3.05, 3.63) is 0 Å². The maximum atomic E-state index is 12.0. The summed E-state index contributed by atoms with van der Waals surface area (Å²) in [4.78, 5) is 12.3. The van der Waals surface area contributed by atoms with E-state index in [1.165, 1.54) is 0 Å². The summed E-state index contributed by atoms with van der Waals surface area (Å²) in [6, 6.07) is 0. The van der Waals surface area contributed by atoms with Gasteiger partial charge >= 0.3 is 0 Å². The van der Waals surface area contributed by atoms with Gasteiger partial charge in [0.15, 0.2) is 0 Å². The minimum Gasteiger partial charge on any atom is -0.392 e. The molecule has 1 atom stereocenters. The molecule has 1 unspecified atom stereocenters. The molecule has 0 saturated heterocycles. The molecule has 5 heteroatoms. The molecule has 1 amide bonds. The number of nitrogens with two attached hydrogens (primary N) is 1. The molecular weight excluding hydrogens is 240 g/mol. The molecule has 1 aliphatic rings. The second kappa shape index (κ2) is 5.87. The van der Waals surface area contributed by atoms with Crippen molar-refractivity contribution in [2.24, 2.45) is 11.1 Å². The third-order valence-electron chi connectivity index (χ3n) is 3.35. The minimum absolute atomic E-state index is 0.0274. The van der Waals surface area contributed by atoms with Crippen molar-refractivity contribution in [3.63, 3.8) is 0 Å². The average Bonchev–Trinajstić information content (AvgIpc) is 2.15. The fourth-order valence-electron chi connectivity index (χ4n) is 1.79. The van der Waals surface area contributed by atoms with Crippen LogP contribution in [0.2, 0.25) is 0 Å². The largest absolute Gasteiger partial charge is 0.392 e. The van der Waals surface area contributed by atoms with Crippen molar-refractivity contribution in [3.8, 4) is 0 Å². The van der Waals surface area contributed by atoms with Crippen LogP contribution in [0.1, 0.15) is 32.6 Å². The van der Waals surface area contributed by atoms with Crippen LogP contribution in [0, 0.1) is 5.41 Å². The number of thioether (sulfide) groups is 1.